The number of nitrogens with zero attached hydrogens (tertiary/aromatic N) is 1. The summed E-state index contributed by atoms with van der Waals surface area (Å²) < 4.78 is 35.6. The van der Waals surface area contributed by atoms with Crippen LogP contribution in [0.15, 0.2) is 30.3 Å². The SMILES string of the molecule is Cc1c(C(C)C(=O)OC2CCC2)c2c(F)c(O)ccc2n1C(=O)c1ccc(Cl)c(F)c1. The van der Waals surface area contributed by atoms with Gasteiger partial charge >= 0.3 is 5.97 Å². The number of phenols is 1. The van der Waals surface area contributed by atoms with Crippen LogP contribution < -0.4 is 0 Å². The lowest BCUT2D eigenvalue weighted by Crippen LogP contribution is -2.27. The monoisotopic (exact) mass is 447 g/mol. The lowest BCUT2D eigenvalue weighted by atomic mass is 9.94. The predicted octanol–water partition coefficient (Wildman–Crippen LogP) is 5.47. The highest BCUT2D eigenvalue weighted by Gasteiger charge is 2.32. The van der Waals surface area contributed by atoms with E-state index in [1.807, 2.05) is 0 Å². The Balaban J connectivity index is 1.87. The van der Waals surface area contributed by atoms with E-state index < -0.39 is 35.2 Å². The molecule has 0 radical (unpaired) electrons. The van der Waals surface area contributed by atoms with Gasteiger partial charge in [-0.25, -0.2) is 8.78 Å². The first-order valence-corrected chi connectivity index (χ1v) is 10.3. The van der Waals surface area contributed by atoms with Crippen molar-refractivity contribution in [2.75, 3.05) is 0 Å². The third-order valence-electron chi connectivity index (χ3n) is 5.83. The average molecular weight is 448 g/mol. The number of esters is 1. The second kappa shape index (κ2) is 7.96. The highest BCUT2D eigenvalue weighted by molar-refractivity contribution is 6.30. The van der Waals surface area contributed by atoms with Gasteiger partial charge in [-0.1, -0.05) is 11.6 Å². The smallest absolute Gasteiger partial charge is 0.313 e. The van der Waals surface area contributed by atoms with E-state index >= 15 is 0 Å². The number of hydrogen-bond acceptors (Lipinski definition) is 4. The highest BCUT2D eigenvalue weighted by Crippen LogP contribution is 2.38. The van der Waals surface area contributed by atoms with Crippen LogP contribution >= 0.6 is 11.6 Å². The van der Waals surface area contributed by atoms with Gasteiger partial charge in [-0.05, 0) is 69.0 Å². The van der Waals surface area contributed by atoms with Gasteiger partial charge in [0.25, 0.3) is 5.91 Å². The van der Waals surface area contributed by atoms with Crippen molar-refractivity contribution < 1.29 is 28.2 Å². The minimum atomic E-state index is -0.937. The van der Waals surface area contributed by atoms with Crippen molar-refractivity contribution in [1.82, 2.24) is 4.57 Å². The minimum Gasteiger partial charge on any atom is -0.505 e. The van der Waals surface area contributed by atoms with E-state index in [1.54, 1.807) is 13.8 Å². The molecule has 31 heavy (non-hydrogen) atoms. The molecule has 1 atom stereocenters. The van der Waals surface area contributed by atoms with Crippen LogP contribution in [0.2, 0.25) is 5.02 Å². The molecule has 162 valence electrons. The Hall–Kier alpha value is -2.93. The number of carbonyl (C=O) groups is 2. The zero-order valence-corrected chi connectivity index (χ0v) is 17.7. The summed E-state index contributed by atoms with van der Waals surface area (Å²) in [5, 5.41) is 9.75. The highest BCUT2D eigenvalue weighted by atomic mass is 35.5. The van der Waals surface area contributed by atoms with Crippen LogP contribution in [-0.2, 0) is 9.53 Å². The summed E-state index contributed by atoms with van der Waals surface area (Å²) in [5.41, 5.74) is 0.714. The van der Waals surface area contributed by atoms with Gasteiger partial charge in [0.1, 0.15) is 11.9 Å². The first-order chi connectivity index (χ1) is 14.7. The standard InChI is InChI=1S/C23H20ClF2NO4/c1-11(23(30)31-14-4-3-5-14)19-12(2)27(17-8-9-18(28)21(26)20(17)19)22(29)13-6-7-15(24)16(25)10-13/h6-11,14,28H,3-5H2,1-2H3. The van der Waals surface area contributed by atoms with Crippen LogP contribution in [0, 0.1) is 18.6 Å². The van der Waals surface area contributed by atoms with Gasteiger partial charge in [0.15, 0.2) is 11.6 Å². The van der Waals surface area contributed by atoms with Crippen molar-refractivity contribution in [3.05, 3.63) is 63.8 Å². The molecule has 0 amide bonds. The molecule has 2 aromatic carbocycles. The predicted molar refractivity (Wildman–Crippen MR) is 112 cm³/mol. The fraction of sp³-hybridized carbons (Fsp3) is 0.304. The molecule has 1 aliphatic carbocycles. The van der Waals surface area contributed by atoms with E-state index in [2.05, 4.69) is 0 Å². The van der Waals surface area contributed by atoms with Gasteiger partial charge in [0.2, 0.25) is 0 Å². The second-order valence-corrected chi connectivity index (χ2v) is 8.18. The fourth-order valence-corrected chi connectivity index (χ4v) is 4.02. The Kier molecular flexibility index (Phi) is 5.47. The Morgan fingerprint density at radius 2 is 1.94 bits per heavy atom. The number of benzene rings is 2. The first-order valence-electron chi connectivity index (χ1n) is 9.93. The van der Waals surface area contributed by atoms with Gasteiger partial charge in [0.05, 0.1) is 16.5 Å². The number of aromatic hydroxyl groups is 1. The summed E-state index contributed by atoms with van der Waals surface area (Å²) in [7, 11) is 0. The topological polar surface area (TPSA) is 68.5 Å². The molecule has 0 aliphatic heterocycles. The summed E-state index contributed by atoms with van der Waals surface area (Å²) >= 11 is 5.71. The molecule has 3 aromatic rings. The molecule has 8 heteroatoms. The Morgan fingerprint density at radius 1 is 1.23 bits per heavy atom. The quantitative estimate of drug-likeness (QED) is 0.538. The van der Waals surface area contributed by atoms with Crippen LogP contribution in [-0.4, -0.2) is 27.7 Å². The van der Waals surface area contributed by atoms with Crippen LogP contribution in [0.4, 0.5) is 8.78 Å². The largest absolute Gasteiger partial charge is 0.505 e. The number of ether oxygens (including phenoxy) is 1. The number of fused-ring (bicyclic) bond motifs is 1. The lowest BCUT2D eigenvalue weighted by molar-refractivity contribution is -0.154. The van der Waals surface area contributed by atoms with Crippen molar-refractivity contribution in [3.8, 4) is 5.75 Å². The molecule has 1 saturated carbocycles. The Labute approximate surface area is 182 Å². The molecule has 1 aliphatic rings. The minimum absolute atomic E-state index is 0.00614. The third-order valence-corrected chi connectivity index (χ3v) is 6.13. The van der Waals surface area contributed by atoms with Crippen LogP contribution in [0.3, 0.4) is 0 Å². The van der Waals surface area contributed by atoms with E-state index in [1.165, 1.54) is 22.8 Å². The van der Waals surface area contributed by atoms with Gasteiger partial charge in [-0.3, -0.25) is 14.2 Å². The van der Waals surface area contributed by atoms with Gasteiger partial charge in [-0.15, -0.1) is 0 Å². The molecule has 5 nitrogen and oxygen atoms in total. The van der Waals surface area contributed by atoms with Crippen LogP contribution in [0.5, 0.6) is 5.75 Å². The molecule has 0 bridgehead atoms. The van der Waals surface area contributed by atoms with E-state index in [-0.39, 0.29) is 33.2 Å². The van der Waals surface area contributed by atoms with Crippen LogP contribution in [0.1, 0.15) is 53.7 Å². The summed E-state index contributed by atoms with van der Waals surface area (Å²) in [6.07, 6.45) is 2.41. The Morgan fingerprint density at radius 3 is 2.55 bits per heavy atom. The zero-order chi connectivity index (χ0) is 22.4. The van der Waals surface area contributed by atoms with Crippen molar-refractivity contribution in [1.29, 1.82) is 0 Å². The van der Waals surface area contributed by atoms with E-state index in [4.69, 9.17) is 16.3 Å². The molecular formula is C23H20ClF2NO4. The summed E-state index contributed by atoms with van der Waals surface area (Å²) in [6.45, 7) is 3.14. The van der Waals surface area contributed by atoms with E-state index in [0.717, 1.165) is 31.4 Å². The normalized spacial score (nSPS) is 15.0. The summed E-state index contributed by atoms with van der Waals surface area (Å²) in [4.78, 5) is 25.9. The maximum Gasteiger partial charge on any atom is 0.313 e. The molecule has 1 N–H and O–H groups in total. The molecule has 1 aromatic heterocycles. The molecule has 1 unspecified atom stereocenters. The maximum absolute atomic E-state index is 15.0. The molecule has 4 rings (SSSR count). The molecule has 0 spiro atoms. The number of hydrogen-bond donors (Lipinski definition) is 1. The van der Waals surface area contributed by atoms with Crippen molar-refractivity contribution in [3.63, 3.8) is 0 Å². The summed E-state index contributed by atoms with van der Waals surface area (Å²) in [5.74, 6) is -4.32. The third kappa shape index (κ3) is 3.57. The average Bonchev–Trinajstić information content (AvgIpc) is 3.00. The van der Waals surface area contributed by atoms with E-state index in [0.29, 0.717) is 5.69 Å². The molecule has 1 fully saturated rings. The second-order valence-electron chi connectivity index (χ2n) is 7.77. The number of aromatic nitrogens is 1. The zero-order valence-electron chi connectivity index (χ0n) is 16.9. The number of halogens is 3. The van der Waals surface area contributed by atoms with Crippen molar-refractivity contribution in [2.24, 2.45) is 0 Å². The number of phenolic OH excluding ortho intramolecular Hbond substituents is 1. The van der Waals surface area contributed by atoms with Crippen molar-refractivity contribution >= 4 is 34.4 Å². The maximum atomic E-state index is 15.0. The van der Waals surface area contributed by atoms with Gasteiger partial charge < -0.3 is 9.84 Å². The number of carbonyl (C=O) groups excluding carboxylic acids is 2. The first kappa shape index (κ1) is 21.3. The lowest BCUT2D eigenvalue weighted by Gasteiger charge is -2.26. The van der Waals surface area contributed by atoms with Gasteiger partial charge in [-0.2, -0.15) is 0 Å². The fourth-order valence-electron chi connectivity index (χ4n) is 3.90. The molecular weight excluding hydrogens is 428 g/mol. The van der Waals surface area contributed by atoms with Crippen molar-refractivity contribution in [2.45, 2.75) is 45.1 Å². The van der Waals surface area contributed by atoms with Gasteiger partial charge in [0, 0.05) is 16.6 Å². The molecule has 1 heterocycles. The van der Waals surface area contributed by atoms with Crippen LogP contribution in [0.25, 0.3) is 10.9 Å². The summed E-state index contributed by atoms with van der Waals surface area (Å²) in [6, 6.07) is 6.14. The Bertz CT molecular complexity index is 1220. The molecule has 0 saturated heterocycles. The number of rotatable bonds is 4. The van der Waals surface area contributed by atoms with E-state index in [9.17, 15) is 23.5 Å².